The molecule has 1 fully saturated rings. The molecular formula is C18H26N4O2. The van der Waals surface area contributed by atoms with Crippen LogP contribution in [-0.2, 0) is 4.74 Å². The zero-order valence-corrected chi connectivity index (χ0v) is 14.4. The minimum Gasteiger partial charge on any atom is -0.379 e. The Morgan fingerprint density at radius 2 is 1.96 bits per heavy atom. The number of carbonyl (C=O) groups excluding carboxylic acids is 1. The Labute approximate surface area is 143 Å². The van der Waals surface area contributed by atoms with E-state index in [1.54, 1.807) is 24.3 Å². The molecule has 1 saturated heterocycles. The summed E-state index contributed by atoms with van der Waals surface area (Å²) in [4.78, 5) is 14.5. The number of amides is 2. The van der Waals surface area contributed by atoms with Gasteiger partial charge in [0, 0.05) is 31.4 Å². The number of rotatable bonds is 6. The first-order valence-corrected chi connectivity index (χ1v) is 8.45. The zero-order chi connectivity index (χ0) is 17.4. The summed E-state index contributed by atoms with van der Waals surface area (Å²) in [6.45, 7) is 8.35. The monoisotopic (exact) mass is 330 g/mol. The molecule has 1 aromatic carbocycles. The van der Waals surface area contributed by atoms with Crippen molar-refractivity contribution in [2.24, 2.45) is 5.92 Å². The maximum atomic E-state index is 12.1. The first-order valence-electron chi connectivity index (χ1n) is 8.45. The van der Waals surface area contributed by atoms with Gasteiger partial charge in [-0.25, -0.2) is 4.79 Å². The van der Waals surface area contributed by atoms with Crippen LogP contribution in [0.1, 0.15) is 25.8 Å². The van der Waals surface area contributed by atoms with E-state index in [0.717, 1.165) is 32.7 Å². The fourth-order valence-electron chi connectivity index (χ4n) is 2.86. The van der Waals surface area contributed by atoms with Crippen LogP contribution in [0.2, 0.25) is 0 Å². The highest BCUT2D eigenvalue weighted by molar-refractivity contribution is 5.89. The summed E-state index contributed by atoms with van der Waals surface area (Å²) in [6, 6.07) is 8.98. The van der Waals surface area contributed by atoms with Crippen molar-refractivity contribution in [1.29, 1.82) is 5.26 Å². The summed E-state index contributed by atoms with van der Waals surface area (Å²) in [5.41, 5.74) is 1.25. The normalized spacial score (nSPS) is 16.4. The number of benzene rings is 1. The highest BCUT2D eigenvalue weighted by Crippen LogP contribution is 2.13. The number of hydrogen-bond acceptors (Lipinski definition) is 4. The molecule has 2 amide bonds. The molecule has 0 aliphatic carbocycles. The lowest BCUT2D eigenvalue weighted by molar-refractivity contribution is 0.0130. The van der Waals surface area contributed by atoms with Crippen molar-refractivity contribution in [3.05, 3.63) is 29.8 Å². The first kappa shape index (κ1) is 18.2. The third-order valence-electron chi connectivity index (χ3n) is 4.08. The number of nitrogens with one attached hydrogen (secondary N) is 2. The molecule has 1 atom stereocenters. The van der Waals surface area contributed by atoms with Gasteiger partial charge in [0.2, 0.25) is 0 Å². The van der Waals surface area contributed by atoms with Crippen LogP contribution in [0.25, 0.3) is 0 Å². The average molecular weight is 330 g/mol. The molecule has 0 radical (unpaired) electrons. The van der Waals surface area contributed by atoms with Crippen LogP contribution in [0.15, 0.2) is 24.3 Å². The van der Waals surface area contributed by atoms with Crippen LogP contribution in [-0.4, -0.2) is 49.8 Å². The van der Waals surface area contributed by atoms with Crippen molar-refractivity contribution in [3.8, 4) is 6.07 Å². The molecule has 2 N–H and O–H groups in total. The quantitative estimate of drug-likeness (QED) is 0.840. The molecular weight excluding hydrogens is 304 g/mol. The molecule has 6 heteroatoms. The Bertz CT molecular complexity index is 559. The van der Waals surface area contributed by atoms with Gasteiger partial charge < -0.3 is 15.4 Å². The number of ether oxygens (including phenoxy) is 1. The van der Waals surface area contributed by atoms with E-state index >= 15 is 0 Å². The second kappa shape index (κ2) is 9.26. The molecule has 24 heavy (non-hydrogen) atoms. The molecule has 1 aromatic rings. The lowest BCUT2D eigenvalue weighted by Gasteiger charge is -2.35. The van der Waals surface area contributed by atoms with Gasteiger partial charge in [-0.3, -0.25) is 4.90 Å². The third kappa shape index (κ3) is 5.84. The van der Waals surface area contributed by atoms with Crippen molar-refractivity contribution >= 4 is 11.7 Å². The predicted molar refractivity (Wildman–Crippen MR) is 93.8 cm³/mol. The van der Waals surface area contributed by atoms with Gasteiger partial charge in [-0.05, 0) is 36.6 Å². The number of morpholine rings is 1. The van der Waals surface area contributed by atoms with Crippen molar-refractivity contribution in [1.82, 2.24) is 10.2 Å². The van der Waals surface area contributed by atoms with Gasteiger partial charge in [-0.15, -0.1) is 0 Å². The molecule has 6 nitrogen and oxygen atoms in total. The van der Waals surface area contributed by atoms with E-state index in [0.29, 0.717) is 29.8 Å². The Morgan fingerprint density at radius 1 is 1.29 bits per heavy atom. The van der Waals surface area contributed by atoms with Crippen LogP contribution < -0.4 is 10.6 Å². The molecule has 1 heterocycles. The van der Waals surface area contributed by atoms with Gasteiger partial charge in [0.25, 0.3) is 0 Å². The molecule has 1 unspecified atom stereocenters. The minimum absolute atomic E-state index is 0.221. The maximum absolute atomic E-state index is 12.1. The maximum Gasteiger partial charge on any atom is 0.319 e. The van der Waals surface area contributed by atoms with E-state index in [1.165, 1.54) is 0 Å². The lowest BCUT2D eigenvalue weighted by atomic mass is 10.0. The minimum atomic E-state index is -0.221. The number of nitrogens with zero attached hydrogens (tertiary/aromatic N) is 2. The summed E-state index contributed by atoms with van der Waals surface area (Å²) in [7, 11) is 0. The van der Waals surface area contributed by atoms with Gasteiger partial charge in [0.15, 0.2) is 0 Å². The molecule has 130 valence electrons. The van der Waals surface area contributed by atoms with E-state index in [-0.39, 0.29) is 6.03 Å². The van der Waals surface area contributed by atoms with Gasteiger partial charge in [-0.1, -0.05) is 13.8 Å². The van der Waals surface area contributed by atoms with Gasteiger partial charge in [0.05, 0.1) is 24.8 Å². The summed E-state index contributed by atoms with van der Waals surface area (Å²) < 4.78 is 5.41. The fraction of sp³-hybridized carbons (Fsp3) is 0.556. The fourth-order valence-corrected chi connectivity index (χ4v) is 2.86. The smallest absolute Gasteiger partial charge is 0.319 e. The molecule has 0 aromatic heterocycles. The van der Waals surface area contributed by atoms with E-state index in [1.807, 2.05) is 0 Å². The number of carbonyl (C=O) groups is 1. The van der Waals surface area contributed by atoms with Gasteiger partial charge in [0.1, 0.15) is 0 Å². The largest absolute Gasteiger partial charge is 0.379 e. The Kier molecular flexibility index (Phi) is 7.04. The highest BCUT2D eigenvalue weighted by atomic mass is 16.5. The Balaban J connectivity index is 1.85. The summed E-state index contributed by atoms with van der Waals surface area (Å²) in [5.74, 6) is 0.571. The number of urea groups is 1. The van der Waals surface area contributed by atoms with Crippen molar-refractivity contribution in [2.45, 2.75) is 26.3 Å². The van der Waals surface area contributed by atoms with Crippen LogP contribution >= 0.6 is 0 Å². The van der Waals surface area contributed by atoms with E-state index < -0.39 is 0 Å². The van der Waals surface area contributed by atoms with Crippen LogP contribution in [0.5, 0.6) is 0 Å². The standard InChI is InChI=1S/C18H26N4O2/c1-14(2)11-17(22-7-9-24-10-8-22)13-20-18(23)21-16-5-3-15(12-19)4-6-16/h3-6,14,17H,7-11,13H2,1-2H3,(H2,20,21,23). The molecule has 0 saturated carbocycles. The van der Waals surface area contributed by atoms with E-state index in [9.17, 15) is 4.79 Å². The number of anilines is 1. The lowest BCUT2D eigenvalue weighted by Crippen LogP contribution is -2.49. The van der Waals surface area contributed by atoms with Gasteiger partial charge >= 0.3 is 6.03 Å². The summed E-state index contributed by atoms with van der Waals surface area (Å²) >= 11 is 0. The van der Waals surface area contributed by atoms with Crippen LogP contribution in [0.3, 0.4) is 0 Å². The van der Waals surface area contributed by atoms with Crippen LogP contribution in [0, 0.1) is 17.2 Å². The molecule has 0 spiro atoms. The molecule has 2 rings (SSSR count). The highest BCUT2D eigenvalue weighted by Gasteiger charge is 2.22. The second-order valence-corrected chi connectivity index (χ2v) is 6.46. The first-order chi connectivity index (χ1) is 11.6. The molecule has 1 aliphatic heterocycles. The molecule has 0 bridgehead atoms. The average Bonchev–Trinajstić information content (AvgIpc) is 2.59. The van der Waals surface area contributed by atoms with Gasteiger partial charge in [-0.2, -0.15) is 5.26 Å². The van der Waals surface area contributed by atoms with E-state index in [4.69, 9.17) is 10.00 Å². The van der Waals surface area contributed by atoms with Crippen molar-refractivity contribution < 1.29 is 9.53 Å². The Morgan fingerprint density at radius 3 is 2.54 bits per heavy atom. The second-order valence-electron chi connectivity index (χ2n) is 6.46. The topological polar surface area (TPSA) is 77.4 Å². The third-order valence-corrected chi connectivity index (χ3v) is 4.08. The summed E-state index contributed by atoms with van der Waals surface area (Å²) in [6.07, 6.45) is 1.04. The number of hydrogen-bond donors (Lipinski definition) is 2. The zero-order valence-electron chi connectivity index (χ0n) is 14.4. The van der Waals surface area contributed by atoms with Crippen LogP contribution in [0.4, 0.5) is 10.5 Å². The number of nitriles is 1. The summed E-state index contributed by atoms with van der Waals surface area (Å²) in [5, 5.41) is 14.6. The van der Waals surface area contributed by atoms with E-state index in [2.05, 4.69) is 35.5 Å². The van der Waals surface area contributed by atoms with Crippen molar-refractivity contribution in [2.75, 3.05) is 38.2 Å². The SMILES string of the molecule is CC(C)CC(CNC(=O)Nc1ccc(C#N)cc1)N1CCOCC1. The van der Waals surface area contributed by atoms with Crippen molar-refractivity contribution in [3.63, 3.8) is 0 Å². The predicted octanol–water partition coefficient (Wildman–Crippen LogP) is 2.43. The molecule has 1 aliphatic rings. The Hall–Kier alpha value is -2.10.